The summed E-state index contributed by atoms with van der Waals surface area (Å²) in [6.07, 6.45) is -9.49. The molecule has 1 aromatic rings. The van der Waals surface area contributed by atoms with Crippen molar-refractivity contribution in [2.75, 3.05) is 6.61 Å². The highest BCUT2D eigenvalue weighted by Gasteiger charge is 2.47. The van der Waals surface area contributed by atoms with Gasteiger partial charge in [0.15, 0.2) is 12.3 Å². The van der Waals surface area contributed by atoms with Crippen LogP contribution in [-0.4, -0.2) is 80.4 Å². The maximum atomic E-state index is 12.1. The molecule has 1 aliphatic rings. The number of aliphatic hydroxyl groups excluding tert-OH is 3. The Kier molecular flexibility index (Phi) is 8.57. The first-order valence-electron chi connectivity index (χ1n) is 8.40. The van der Waals surface area contributed by atoms with Gasteiger partial charge < -0.3 is 44.7 Å². The number of H-pyrrole nitrogens is 1. The van der Waals surface area contributed by atoms with Crippen molar-refractivity contribution in [1.29, 1.82) is 0 Å². The molecule has 0 spiro atoms. The molecule has 20 nitrogen and oxygen atoms in total. The van der Waals surface area contributed by atoms with Gasteiger partial charge in [0, 0.05) is 6.20 Å². The van der Waals surface area contributed by atoms with E-state index in [1.807, 2.05) is 0 Å². The number of nitrogens with one attached hydrogen (secondary N) is 1. The van der Waals surface area contributed by atoms with Crippen molar-refractivity contribution in [3.8, 4) is 0 Å². The van der Waals surface area contributed by atoms with E-state index in [1.54, 1.807) is 4.98 Å². The first-order valence-corrected chi connectivity index (χ1v) is 12.9. The van der Waals surface area contributed by atoms with Crippen LogP contribution >= 0.6 is 23.5 Å². The van der Waals surface area contributed by atoms with Gasteiger partial charge in [0.1, 0.15) is 18.3 Å². The number of phosphoric ester groups is 1. The summed E-state index contributed by atoms with van der Waals surface area (Å²) in [7, 11) is -17.1. The summed E-state index contributed by atoms with van der Waals surface area (Å²) in [5.41, 5.74) is -3.42. The van der Waals surface area contributed by atoms with Crippen LogP contribution < -0.4 is 11.2 Å². The molecule has 0 aliphatic carbocycles. The number of hydrogen-bond acceptors (Lipinski definition) is 13. The standard InChI is InChI=1S/C11H17N2O18P3/c14-5(10(18)19)3-1-13(11(20)12-8(3)17)9-7(16)6(15)4(29-9)2-28-33(24,25)31-34(26,27)30-32(21,22)23/h1,4-7,9,14-16H,2H2,(H,18,19)(H,24,25)(H,26,27)(H,12,17,20)(H2,21,22,23)/t4-,5?,6-,7-,9-/m1/s1. The second-order valence-electron chi connectivity index (χ2n) is 6.42. The molecule has 9 N–H and O–H groups in total. The Bertz CT molecular complexity index is 1190. The van der Waals surface area contributed by atoms with E-state index < -0.39 is 83.5 Å². The normalized spacial score (nSPS) is 27.6. The number of aromatic nitrogens is 2. The van der Waals surface area contributed by atoms with Gasteiger partial charge in [-0.3, -0.25) is 18.9 Å². The Labute approximate surface area is 186 Å². The summed E-state index contributed by atoms with van der Waals surface area (Å²) in [6, 6.07) is 0. The summed E-state index contributed by atoms with van der Waals surface area (Å²) >= 11 is 0. The van der Waals surface area contributed by atoms with Crippen LogP contribution in [0, 0.1) is 0 Å². The molecule has 0 saturated carbocycles. The maximum Gasteiger partial charge on any atom is 0.490 e. The molecule has 1 fully saturated rings. The van der Waals surface area contributed by atoms with Crippen LogP contribution in [0.4, 0.5) is 0 Å². The van der Waals surface area contributed by atoms with Crippen molar-refractivity contribution in [1.82, 2.24) is 9.55 Å². The van der Waals surface area contributed by atoms with Crippen molar-refractivity contribution >= 4 is 29.4 Å². The third-order valence-electron chi connectivity index (χ3n) is 3.95. The van der Waals surface area contributed by atoms with Crippen molar-refractivity contribution in [2.24, 2.45) is 0 Å². The zero-order chi connectivity index (χ0) is 26.2. The molecule has 0 radical (unpaired) electrons. The fourth-order valence-corrected chi connectivity index (χ4v) is 5.62. The number of phosphoric acid groups is 3. The van der Waals surface area contributed by atoms with E-state index in [1.165, 1.54) is 0 Å². The average molecular weight is 558 g/mol. The fraction of sp³-hybridized carbons (Fsp3) is 0.545. The van der Waals surface area contributed by atoms with E-state index in [-0.39, 0.29) is 0 Å². The predicted octanol–water partition coefficient (Wildman–Crippen LogP) is -3.38. The number of carboxylic acid groups (broad SMARTS) is 1. The van der Waals surface area contributed by atoms with Crippen LogP contribution in [0.15, 0.2) is 15.8 Å². The van der Waals surface area contributed by atoms with Crippen molar-refractivity contribution in [3.05, 3.63) is 32.6 Å². The number of aliphatic carboxylic acids is 1. The van der Waals surface area contributed by atoms with Crippen molar-refractivity contribution in [2.45, 2.75) is 30.6 Å². The van der Waals surface area contributed by atoms with Crippen molar-refractivity contribution < 1.29 is 76.4 Å². The SMILES string of the molecule is O=C(O)C(O)c1cn([C@@H]2O[C@H](COP(=O)(O)OP(=O)(O)OP(=O)(O)O)[C@@H](O)[C@H]2O)c(=O)[nH]c1=O. The van der Waals surface area contributed by atoms with E-state index >= 15 is 0 Å². The number of aromatic amines is 1. The minimum absolute atomic E-state index is 0.390. The molecule has 194 valence electrons. The molecule has 7 atom stereocenters. The van der Waals surface area contributed by atoms with Gasteiger partial charge in [-0.25, -0.2) is 23.3 Å². The van der Waals surface area contributed by atoms with E-state index in [2.05, 4.69) is 13.1 Å². The van der Waals surface area contributed by atoms with Gasteiger partial charge in [-0.05, 0) is 0 Å². The number of carbonyl (C=O) groups is 1. The van der Waals surface area contributed by atoms with Gasteiger partial charge in [0.25, 0.3) is 5.56 Å². The smallest absolute Gasteiger partial charge is 0.479 e. The van der Waals surface area contributed by atoms with Crippen LogP contribution in [0.5, 0.6) is 0 Å². The summed E-state index contributed by atoms with van der Waals surface area (Å²) in [4.78, 5) is 71.8. The molecule has 0 amide bonds. The molecule has 1 aliphatic heterocycles. The van der Waals surface area contributed by atoms with Crippen LogP contribution in [0.2, 0.25) is 0 Å². The second-order valence-corrected chi connectivity index (χ2v) is 10.8. The van der Waals surface area contributed by atoms with E-state index in [0.717, 1.165) is 0 Å². The Hall–Kier alpha value is -1.60. The largest absolute Gasteiger partial charge is 0.490 e. The lowest BCUT2D eigenvalue weighted by atomic mass is 10.1. The van der Waals surface area contributed by atoms with Crippen LogP contribution in [-0.2, 0) is 36.4 Å². The van der Waals surface area contributed by atoms with Gasteiger partial charge in [0.2, 0.25) is 0 Å². The summed E-state index contributed by atoms with van der Waals surface area (Å²) in [6.45, 7) is -1.19. The highest BCUT2D eigenvalue weighted by atomic mass is 31.3. The van der Waals surface area contributed by atoms with Gasteiger partial charge in [-0.2, -0.15) is 8.62 Å². The van der Waals surface area contributed by atoms with Crippen LogP contribution in [0.25, 0.3) is 0 Å². The van der Waals surface area contributed by atoms with E-state index in [4.69, 9.17) is 24.5 Å². The number of aliphatic hydroxyl groups is 3. The Morgan fingerprint density at radius 2 is 1.68 bits per heavy atom. The molecule has 0 bridgehead atoms. The molecule has 3 unspecified atom stereocenters. The Morgan fingerprint density at radius 3 is 2.21 bits per heavy atom. The number of ether oxygens (including phenoxy) is 1. The van der Waals surface area contributed by atoms with Gasteiger partial charge in [-0.1, -0.05) is 0 Å². The number of nitrogens with zero attached hydrogens (tertiary/aromatic N) is 1. The van der Waals surface area contributed by atoms with Crippen LogP contribution in [0.3, 0.4) is 0 Å². The second kappa shape index (κ2) is 10.2. The van der Waals surface area contributed by atoms with Crippen LogP contribution in [0.1, 0.15) is 17.9 Å². The summed E-state index contributed by atoms with van der Waals surface area (Å²) < 4.78 is 50.4. The molecule has 34 heavy (non-hydrogen) atoms. The van der Waals surface area contributed by atoms with Crippen molar-refractivity contribution in [3.63, 3.8) is 0 Å². The Morgan fingerprint density at radius 1 is 1.09 bits per heavy atom. The highest BCUT2D eigenvalue weighted by Crippen LogP contribution is 2.66. The van der Waals surface area contributed by atoms with Gasteiger partial charge >= 0.3 is 35.1 Å². The minimum atomic E-state index is -5.82. The molecule has 2 rings (SSSR count). The topological polar surface area (TPSA) is 322 Å². The first kappa shape index (κ1) is 28.6. The molecular formula is C11H17N2O18P3. The molecule has 1 saturated heterocycles. The number of rotatable bonds is 10. The van der Waals surface area contributed by atoms with E-state index in [0.29, 0.717) is 10.8 Å². The molecular weight excluding hydrogens is 541 g/mol. The molecule has 2 heterocycles. The lowest BCUT2D eigenvalue weighted by Crippen LogP contribution is -2.39. The predicted molar refractivity (Wildman–Crippen MR) is 99.7 cm³/mol. The third kappa shape index (κ3) is 7.20. The Balaban J connectivity index is 2.19. The zero-order valence-corrected chi connectivity index (χ0v) is 18.8. The molecule has 0 aromatic carbocycles. The highest BCUT2D eigenvalue weighted by molar-refractivity contribution is 7.66. The molecule has 1 aromatic heterocycles. The fourth-order valence-electron chi connectivity index (χ4n) is 2.59. The van der Waals surface area contributed by atoms with E-state index in [9.17, 15) is 48.3 Å². The summed E-state index contributed by atoms with van der Waals surface area (Å²) in [5, 5.41) is 38.6. The monoisotopic (exact) mass is 558 g/mol. The lowest BCUT2D eigenvalue weighted by Gasteiger charge is -2.19. The average Bonchev–Trinajstić information content (AvgIpc) is 2.91. The van der Waals surface area contributed by atoms with Gasteiger partial charge in [-0.15, -0.1) is 0 Å². The van der Waals surface area contributed by atoms with Gasteiger partial charge in [0.05, 0.1) is 12.2 Å². The maximum absolute atomic E-state index is 12.1. The zero-order valence-electron chi connectivity index (χ0n) is 16.1. The first-order chi connectivity index (χ1) is 15.3. The summed E-state index contributed by atoms with van der Waals surface area (Å²) in [5.74, 6) is -1.86. The quantitative estimate of drug-likeness (QED) is 0.126. The minimum Gasteiger partial charge on any atom is -0.479 e. The lowest BCUT2D eigenvalue weighted by molar-refractivity contribution is -0.147. The number of hydrogen-bond donors (Lipinski definition) is 9. The third-order valence-corrected chi connectivity index (χ3v) is 7.76. The number of carboxylic acids is 1. The molecule has 23 heteroatoms.